The maximum atomic E-state index is 12.6. The molecule has 1 N–H and O–H groups in total. The van der Waals surface area contributed by atoms with Crippen LogP contribution in [-0.2, 0) is 11.3 Å². The molecule has 1 heterocycles. The number of nitrogens with one attached hydrogen (secondary N) is 1. The van der Waals surface area contributed by atoms with Gasteiger partial charge in [0.05, 0.1) is 0 Å². The van der Waals surface area contributed by atoms with Crippen molar-refractivity contribution in [2.45, 2.75) is 33.2 Å². The molecule has 3 nitrogen and oxygen atoms in total. The highest BCUT2D eigenvalue weighted by Crippen LogP contribution is 2.28. The number of halogens is 2. The molecule has 0 bridgehead atoms. The molecule has 0 radical (unpaired) electrons. The number of benzene rings is 2. The first-order chi connectivity index (χ1) is 12.5. The number of anilines is 1. The molecule has 0 unspecified atom stereocenters. The Balaban J connectivity index is 1.56. The van der Waals surface area contributed by atoms with Crippen LogP contribution in [0.15, 0.2) is 36.4 Å². The highest BCUT2D eigenvalue weighted by molar-refractivity contribution is 6.35. The lowest BCUT2D eigenvalue weighted by Gasteiger charge is -2.31. The Hall–Kier alpha value is -1.55. The van der Waals surface area contributed by atoms with E-state index in [1.165, 1.54) is 5.56 Å². The molecule has 1 amide bonds. The Bertz CT molecular complexity index is 778. The summed E-state index contributed by atoms with van der Waals surface area (Å²) in [5, 5.41) is 4.51. The van der Waals surface area contributed by atoms with Crippen LogP contribution in [0.3, 0.4) is 0 Å². The van der Waals surface area contributed by atoms with Gasteiger partial charge in [0.15, 0.2) is 0 Å². The molecular formula is C21H24Cl2N2O. The summed E-state index contributed by atoms with van der Waals surface area (Å²) in [7, 11) is 0. The van der Waals surface area contributed by atoms with Crippen LogP contribution in [0, 0.1) is 19.8 Å². The van der Waals surface area contributed by atoms with Crippen molar-refractivity contribution >= 4 is 34.8 Å². The molecule has 2 aromatic carbocycles. The predicted molar refractivity (Wildman–Crippen MR) is 109 cm³/mol. The van der Waals surface area contributed by atoms with Crippen molar-refractivity contribution in [3.63, 3.8) is 0 Å². The number of hydrogen-bond acceptors (Lipinski definition) is 2. The summed E-state index contributed by atoms with van der Waals surface area (Å²) < 4.78 is 0. The van der Waals surface area contributed by atoms with Gasteiger partial charge in [0.2, 0.25) is 5.91 Å². The van der Waals surface area contributed by atoms with Crippen LogP contribution in [-0.4, -0.2) is 23.9 Å². The summed E-state index contributed by atoms with van der Waals surface area (Å²) in [4.78, 5) is 14.9. The molecule has 0 atom stereocenters. The zero-order valence-corrected chi connectivity index (χ0v) is 16.7. The lowest BCUT2D eigenvalue weighted by Crippen LogP contribution is -2.38. The van der Waals surface area contributed by atoms with Gasteiger partial charge in [-0.1, -0.05) is 41.4 Å². The van der Waals surface area contributed by atoms with E-state index >= 15 is 0 Å². The van der Waals surface area contributed by atoms with Crippen molar-refractivity contribution in [2.75, 3.05) is 18.4 Å². The second kappa shape index (κ2) is 8.43. The van der Waals surface area contributed by atoms with E-state index in [1.807, 2.05) is 37.3 Å². The molecule has 0 aliphatic carbocycles. The van der Waals surface area contributed by atoms with E-state index < -0.39 is 0 Å². The van der Waals surface area contributed by atoms with Gasteiger partial charge in [-0.2, -0.15) is 0 Å². The molecule has 1 aliphatic rings. The lowest BCUT2D eigenvalue weighted by molar-refractivity contribution is -0.121. The molecule has 0 saturated carbocycles. The zero-order valence-electron chi connectivity index (χ0n) is 15.2. The molecule has 1 aliphatic heterocycles. The number of hydrogen-bond donors (Lipinski definition) is 1. The smallest absolute Gasteiger partial charge is 0.227 e. The first kappa shape index (κ1) is 19.2. The molecule has 0 spiro atoms. The van der Waals surface area contributed by atoms with Crippen LogP contribution in [0.4, 0.5) is 5.69 Å². The van der Waals surface area contributed by atoms with E-state index in [0.29, 0.717) is 10.0 Å². The van der Waals surface area contributed by atoms with Gasteiger partial charge in [-0.05, 0) is 69.1 Å². The van der Waals surface area contributed by atoms with Crippen molar-refractivity contribution < 1.29 is 4.79 Å². The highest BCUT2D eigenvalue weighted by Gasteiger charge is 2.26. The minimum Gasteiger partial charge on any atom is -0.326 e. The van der Waals surface area contributed by atoms with Crippen molar-refractivity contribution in [1.82, 2.24) is 4.90 Å². The minimum absolute atomic E-state index is 0.0490. The SMILES string of the molecule is Cc1cccc(NC(=O)C2CCN(Cc3c(Cl)cccc3Cl)CC2)c1C. The number of aryl methyl sites for hydroxylation is 1. The fourth-order valence-corrected chi connectivity index (χ4v) is 3.90. The quantitative estimate of drug-likeness (QED) is 0.751. The Morgan fingerprint density at radius 1 is 1.08 bits per heavy atom. The van der Waals surface area contributed by atoms with Gasteiger partial charge in [-0.25, -0.2) is 0 Å². The second-order valence-corrected chi connectivity index (χ2v) is 7.80. The van der Waals surface area contributed by atoms with Gasteiger partial charge in [-0.3, -0.25) is 9.69 Å². The Kier molecular flexibility index (Phi) is 6.23. The van der Waals surface area contributed by atoms with E-state index in [1.54, 1.807) is 0 Å². The van der Waals surface area contributed by atoms with Crippen molar-refractivity contribution in [1.29, 1.82) is 0 Å². The van der Waals surface area contributed by atoms with Gasteiger partial charge in [0, 0.05) is 33.8 Å². The van der Waals surface area contributed by atoms with E-state index in [9.17, 15) is 4.79 Å². The standard InChI is InChI=1S/C21H24Cl2N2O/c1-14-5-3-8-20(15(14)2)24-21(26)16-9-11-25(12-10-16)13-17-18(22)6-4-7-19(17)23/h3-8,16H,9-13H2,1-2H3,(H,24,26). The molecule has 2 aromatic rings. The van der Waals surface area contributed by atoms with E-state index in [4.69, 9.17) is 23.2 Å². The first-order valence-corrected chi connectivity index (χ1v) is 9.73. The fraction of sp³-hybridized carbons (Fsp3) is 0.381. The fourth-order valence-electron chi connectivity index (χ4n) is 3.38. The van der Waals surface area contributed by atoms with Gasteiger partial charge in [-0.15, -0.1) is 0 Å². The average molecular weight is 391 g/mol. The minimum atomic E-state index is 0.0490. The largest absolute Gasteiger partial charge is 0.326 e. The third-order valence-corrected chi connectivity index (χ3v) is 5.97. The highest BCUT2D eigenvalue weighted by atomic mass is 35.5. The third kappa shape index (κ3) is 4.40. The Morgan fingerprint density at radius 3 is 2.35 bits per heavy atom. The van der Waals surface area contributed by atoms with E-state index in [-0.39, 0.29) is 11.8 Å². The predicted octanol–water partition coefficient (Wildman–Crippen LogP) is 5.46. The number of nitrogens with zero attached hydrogens (tertiary/aromatic N) is 1. The molecule has 0 aromatic heterocycles. The molecule has 1 fully saturated rings. The summed E-state index contributed by atoms with van der Waals surface area (Å²) in [5.41, 5.74) is 4.20. The van der Waals surface area contributed by atoms with Gasteiger partial charge in [0.1, 0.15) is 0 Å². The summed E-state index contributed by atoms with van der Waals surface area (Å²) in [6.45, 7) is 6.56. The molecule has 1 saturated heterocycles. The first-order valence-electron chi connectivity index (χ1n) is 8.98. The molecule has 5 heteroatoms. The Labute approximate surface area is 165 Å². The number of carbonyl (C=O) groups is 1. The summed E-state index contributed by atoms with van der Waals surface area (Å²) in [5.74, 6) is 0.169. The van der Waals surface area contributed by atoms with Crippen LogP contribution in [0.5, 0.6) is 0 Å². The third-order valence-electron chi connectivity index (χ3n) is 5.26. The maximum Gasteiger partial charge on any atom is 0.227 e. The van der Waals surface area contributed by atoms with Crippen LogP contribution in [0.2, 0.25) is 10.0 Å². The van der Waals surface area contributed by atoms with Crippen molar-refractivity contribution in [3.05, 3.63) is 63.1 Å². The van der Waals surface area contributed by atoms with Gasteiger partial charge < -0.3 is 5.32 Å². The normalized spacial score (nSPS) is 15.8. The Morgan fingerprint density at radius 2 is 1.69 bits per heavy atom. The van der Waals surface area contributed by atoms with Crippen LogP contribution < -0.4 is 5.32 Å². The van der Waals surface area contributed by atoms with Crippen LogP contribution in [0.1, 0.15) is 29.5 Å². The lowest BCUT2D eigenvalue weighted by atomic mass is 9.95. The zero-order chi connectivity index (χ0) is 18.7. The molecule has 138 valence electrons. The van der Waals surface area contributed by atoms with Crippen LogP contribution in [0.25, 0.3) is 0 Å². The topological polar surface area (TPSA) is 32.3 Å². The van der Waals surface area contributed by atoms with Gasteiger partial charge in [0.25, 0.3) is 0 Å². The summed E-state index contributed by atoms with van der Waals surface area (Å²) >= 11 is 12.5. The summed E-state index contributed by atoms with van der Waals surface area (Å²) in [6, 6.07) is 11.6. The maximum absolute atomic E-state index is 12.6. The van der Waals surface area contributed by atoms with E-state index in [0.717, 1.165) is 49.3 Å². The number of piperidine rings is 1. The molecule has 26 heavy (non-hydrogen) atoms. The molecular weight excluding hydrogens is 367 g/mol. The van der Waals surface area contributed by atoms with Crippen molar-refractivity contribution in [2.24, 2.45) is 5.92 Å². The summed E-state index contributed by atoms with van der Waals surface area (Å²) in [6.07, 6.45) is 1.69. The molecule has 3 rings (SSSR count). The second-order valence-electron chi connectivity index (χ2n) is 6.99. The number of amides is 1. The average Bonchev–Trinajstić information content (AvgIpc) is 2.63. The van der Waals surface area contributed by atoms with E-state index in [2.05, 4.69) is 23.2 Å². The number of carbonyl (C=O) groups excluding carboxylic acids is 1. The van der Waals surface area contributed by atoms with Crippen LogP contribution >= 0.6 is 23.2 Å². The number of likely N-dealkylation sites (tertiary alicyclic amines) is 1. The monoisotopic (exact) mass is 390 g/mol. The van der Waals surface area contributed by atoms with Crippen molar-refractivity contribution in [3.8, 4) is 0 Å². The van der Waals surface area contributed by atoms with Gasteiger partial charge >= 0.3 is 0 Å². The number of rotatable bonds is 4.